The molecule has 0 aromatic heterocycles. The van der Waals surface area contributed by atoms with Crippen molar-refractivity contribution in [3.8, 4) is 0 Å². The highest BCUT2D eigenvalue weighted by Crippen LogP contribution is 2.21. The van der Waals surface area contributed by atoms with Crippen molar-refractivity contribution < 1.29 is 14.8 Å². The molecule has 7 heteroatoms. The molecule has 0 bridgehead atoms. The van der Waals surface area contributed by atoms with E-state index < -0.39 is 10.5 Å². The SMILES string of the molecule is Cc1cc([N+](=O)[O-])ccc1NC(=O)CN(C)CC(C)(C)O. The number of aryl methyl sites for hydroxylation is 1. The first-order chi connectivity index (χ1) is 9.58. The van der Waals surface area contributed by atoms with Crippen LogP contribution in [-0.4, -0.2) is 46.6 Å². The number of nitro groups is 1. The van der Waals surface area contributed by atoms with Gasteiger partial charge in [0.25, 0.3) is 5.69 Å². The van der Waals surface area contributed by atoms with Gasteiger partial charge >= 0.3 is 0 Å². The fourth-order valence-corrected chi connectivity index (χ4v) is 2.05. The number of nitrogens with one attached hydrogen (secondary N) is 1. The van der Waals surface area contributed by atoms with Crippen molar-refractivity contribution in [2.45, 2.75) is 26.4 Å². The Balaban J connectivity index is 2.65. The number of nitrogens with zero attached hydrogens (tertiary/aromatic N) is 2. The van der Waals surface area contributed by atoms with Gasteiger partial charge in [-0.1, -0.05) is 0 Å². The van der Waals surface area contributed by atoms with Crippen LogP contribution in [0.15, 0.2) is 18.2 Å². The van der Waals surface area contributed by atoms with Crippen LogP contribution in [-0.2, 0) is 4.79 Å². The van der Waals surface area contributed by atoms with Gasteiger partial charge in [0.1, 0.15) is 0 Å². The second-order valence-electron chi connectivity index (χ2n) is 5.79. The van der Waals surface area contributed by atoms with Crippen LogP contribution in [0.4, 0.5) is 11.4 Å². The molecular formula is C14H21N3O4. The van der Waals surface area contributed by atoms with E-state index in [9.17, 15) is 20.0 Å². The molecule has 0 saturated heterocycles. The highest BCUT2D eigenvalue weighted by Gasteiger charge is 2.18. The summed E-state index contributed by atoms with van der Waals surface area (Å²) in [5.74, 6) is -0.237. The second kappa shape index (κ2) is 6.64. The molecule has 0 saturated carbocycles. The highest BCUT2D eigenvalue weighted by atomic mass is 16.6. The number of carbonyl (C=O) groups excluding carboxylic acids is 1. The van der Waals surface area contributed by atoms with E-state index in [2.05, 4.69) is 5.32 Å². The Morgan fingerprint density at radius 1 is 1.48 bits per heavy atom. The van der Waals surface area contributed by atoms with Gasteiger partial charge in [-0.2, -0.15) is 0 Å². The van der Waals surface area contributed by atoms with E-state index in [1.807, 2.05) is 0 Å². The average molecular weight is 295 g/mol. The van der Waals surface area contributed by atoms with Crippen LogP contribution in [0.25, 0.3) is 0 Å². The van der Waals surface area contributed by atoms with Gasteiger partial charge in [0.2, 0.25) is 5.91 Å². The Kier molecular flexibility index (Phi) is 5.40. The van der Waals surface area contributed by atoms with E-state index >= 15 is 0 Å². The minimum Gasteiger partial charge on any atom is -0.389 e. The third-order valence-electron chi connectivity index (χ3n) is 2.77. The van der Waals surface area contributed by atoms with Crippen molar-refractivity contribution in [2.75, 3.05) is 25.5 Å². The van der Waals surface area contributed by atoms with Crippen molar-refractivity contribution in [1.29, 1.82) is 0 Å². The fourth-order valence-electron chi connectivity index (χ4n) is 2.05. The van der Waals surface area contributed by atoms with E-state index in [1.54, 1.807) is 32.7 Å². The van der Waals surface area contributed by atoms with Gasteiger partial charge in [0, 0.05) is 24.4 Å². The number of carbonyl (C=O) groups is 1. The lowest BCUT2D eigenvalue weighted by atomic mass is 10.1. The molecule has 1 amide bonds. The maximum absolute atomic E-state index is 11.9. The standard InChI is InChI=1S/C14H21N3O4/c1-10-7-11(17(20)21)5-6-12(10)15-13(18)8-16(4)9-14(2,3)19/h5-7,19H,8-9H2,1-4H3,(H,15,18). The van der Waals surface area contributed by atoms with Crippen LogP contribution < -0.4 is 5.32 Å². The Bertz CT molecular complexity index is 538. The molecule has 0 spiro atoms. The zero-order chi connectivity index (χ0) is 16.2. The Hall–Kier alpha value is -1.99. The van der Waals surface area contributed by atoms with Gasteiger partial charge in [0.15, 0.2) is 0 Å². The number of nitro benzene ring substituents is 1. The van der Waals surface area contributed by atoms with Gasteiger partial charge in [0.05, 0.1) is 17.1 Å². The zero-order valence-electron chi connectivity index (χ0n) is 12.7. The Labute approximate surface area is 123 Å². The topological polar surface area (TPSA) is 95.7 Å². The largest absolute Gasteiger partial charge is 0.389 e. The zero-order valence-corrected chi connectivity index (χ0v) is 12.7. The lowest BCUT2D eigenvalue weighted by Gasteiger charge is -2.24. The molecule has 1 aromatic carbocycles. The van der Waals surface area contributed by atoms with E-state index in [1.165, 1.54) is 18.2 Å². The molecule has 0 heterocycles. The van der Waals surface area contributed by atoms with Crippen LogP contribution in [0.2, 0.25) is 0 Å². The van der Waals surface area contributed by atoms with E-state index in [-0.39, 0.29) is 18.1 Å². The van der Waals surface area contributed by atoms with Crippen LogP contribution in [0.1, 0.15) is 19.4 Å². The number of anilines is 1. The molecule has 2 N–H and O–H groups in total. The number of amides is 1. The number of hydrogen-bond donors (Lipinski definition) is 2. The summed E-state index contributed by atoms with van der Waals surface area (Å²) >= 11 is 0. The first kappa shape index (κ1) is 17.1. The van der Waals surface area contributed by atoms with Crippen molar-refractivity contribution in [1.82, 2.24) is 4.90 Å². The predicted molar refractivity (Wildman–Crippen MR) is 80.3 cm³/mol. The van der Waals surface area contributed by atoms with Crippen LogP contribution in [0.5, 0.6) is 0 Å². The highest BCUT2D eigenvalue weighted by molar-refractivity contribution is 5.93. The van der Waals surface area contributed by atoms with Crippen molar-refractivity contribution in [2.24, 2.45) is 0 Å². The summed E-state index contributed by atoms with van der Waals surface area (Å²) in [6, 6.07) is 4.28. The maximum Gasteiger partial charge on any atom is 0.269 e. The third-order valence-corrected chi connectivity index (χ3v) is 2.77. The molecule has 0 unspecified atom stereocenters. The van der Waals surface area contributed by atoms with Crippen molar-refractivity contribution in [3.63, 3.8) is 0 Å². The summed E-state index contributed by atoms with van der Waals surface area (Å²) in [6.45, 7) is 5.52. The average Bonchev–Trinajstić information content (AvgIpc) is 2.28. The van der Waals surface area contributed by atoms with Gasteiger partial charge in [-0.15, -0.1) is 0 Å². The molecule has 0 aliphatic carbocycles. The first-order valence-electron chi connectivity index (χ1n) is 6.54. The number of non-ortho nitro benzene ring substituents is 1. The summed E-state index contributed by atoms with van der Waals surface area (Å²) < 4.78 is 0. The molecule has 0 aliphatic rings. The Morgan fingerprint density at radius 2 is 2.10 bits per heavy atom. The summed E-state index contributed by atoms with van der Waals surface area (Å²) in [7, 11) is 1.74. The van der Waals surface area contributed by atoms with Crippen LogP contribution in [0, 0.1) is 17.0 Å². The van der Waals surface area contributed by atoms with Crippen LogP contribution in [0.3, 0.4) is 0 Å². The lowest BCUT2D eigenvalue weighted by molar-refractivity contribution is -0.384. The van der Waals surface area contributed by atoms with Crippen molar-refractivity contribution in [3.05, 3.63) is 33.9 Å². The minimum absolute atomic E-state index is 0.00959. The number of hydrogen-bond acceptors (Lipinski definition) is 5. The monoisotopic (exact) mass is 295 g/mol. The quantitative estimate of drug-likeness (QED) is 0.613. The fraction of sp³-hybridized carbons (Fsp3) is 0.500. The molecule has 1 rings (SSSR count). The maximum atomic E-state index is 11.9. The third kappa shape index (κ3) is 5.88. The molecule has 0 fully saturated rings. The number of rotatable bonds is 6. The van der Waals surface area contributed by atoms with Gasteiger partial charge in [-0.05, 0) is 39.4 Å². The van der Waals surface area contributed by atoms with Crippen molar-refractivity contribution >= 4 is 17.3 Å². The van der Waals surface area contributed by atoms with Crippen LogP contribution >= 0.6 is 0 Å². The minimum atomic E-state index is -0.877. The van der Waals surface area contributed by atoms with E-state index in [0.717, 1.165) is 0 Å². The molecule has 0 radical (unpaired) electrons. The first-order valence-corrected chi connectivity index (χ1v) is 6.54. The molecule has 1 aromatic rings. The Morgan fingerprint density at radius 3 is 2.57 bits per heavy atom. The summed E-state index contributed by atoms with van der Waals surface area (Å²) in [4.78, 5) is 23.8. The second-order valence-corrected chi connectivity index (χ2v) is 5.79. The van der Waals surface area contributed by atoms with Gasteiger partial charge in [-0.25, -0.2) is 0 Å². The van der Waals surface area contributed by atoms with E-state index in [4.69, 9.17) is 0 Å². The number of aliphatic hydroxyl groups is 1. The van der Waals surface area contributed by atoms with Gasteiger partial charge < -0.3 is 10.4 Å². The normalized spacial score (nSPS) is 11.5. The number of benzene rings is 1. The molecule has 7 nitrogen and oxygen atoms in total. The molecule has 0 atom stereocenters. The molecule has 0 aliphatic heterocycles. The summed E-state index contributed by atoms with van der Waals surface area (Å²) in [6.07, 6.45) is 0. The summed E-state index contributed by atoms with van der Waals surface area (Å²) in [5.41, 5.74) is 0.285. The lowest BCUT2D eigenvalue weighted by Crippen LogP contribution is -2.40. The molecule has 21 heavy (non-hydrogen) atoms. The number of likely N-dealkylation sites (N-methyl/N-ethyl adjacent to an activating group) is 1. The van der Waals surface area contributed by atoms with E-state index in [0.29, 0.717) is 17.8 Å². The van der Waals surface area contributed by atoms with Gasteiger partial charge in [-0.3, -0.25) is 19.8 Å². The molecular weight excluding hydrogens is 274 g/mol. The summed E-state index contributed by atoms with van der Waals surface area (Å²) in [5, 5.41) is 23.0. The predicted octanol–water partition coefficient (Wildman–Crippen LogP) is 1.54. The molecule has 116 valence electrons. The smallest absolute Gasteiger partial charge is 0.269 e.